The molecule has 3 heterocycles. The van der Waals surface area contributed by atoms with Gasteiger partial charge in [-0.3, -0.25) is 4.79 Å². The molecule has 158 valence electrons. The van der Waals surface area contributed by atoms with Crippen LogP contribution in [0, 0.1) is 0 Å². The predicted octanol–water partition coefficient (Wildman–Crippen LogP) is 5.63. The highest BCUT2D eigenvalue weighted by atomic mass is 32.1. The van der Waals surface area contributed by atoms with E-state index in [1.54, 1.807) is 0 Å². The van der Waals surface area contributed by atoms with Gasteiger partial charge in [-0.05, 0) is 90.8 Å². The van der Waals surface area contributed by atoms with Crippen LogP contribution in [0.3, 0.4) is 0 Å². The molecule has 1 amide bonds. The fourth-order valence-corrected chi connectivity index (χ4v) is 5.17. The molecule has 1 fully saturated rings. The molecule has 0 bridgehead atoms. The topological polar surface area (TPSA) is 39.3 Å². The first-order valence-electron chi connectivity index (χ1n) is 10.9. The van der Waals surface area contributed by atoms with Gasteiger partial charge in [-0.1, -0.05) is 30.3 Å². The molecule has 5 heteroatoms. The van der Waals surface area contributed by atoms with E-state index in [0.717, 1.165) is 36.3 Å². The average molecular weight is 430 g/mol. The van der Waals surface area contributed by atoms with Crippen molar-refractivity contribution in [1.29, 1.82) is 0 Å². The van der Waals surface area contributed by atoms with E-state index in [1.807, 2.05) is 23.7 Å². The highest BCUT2D eigenvalue weighted by Crippen LogP contribution is 2.27. The van der Waals surface area contributed by atoms with Crippen LogP contribution in [0.2, 0.25) is 0 Å². The Bertz CT molecular complexity index is 1170. The average Bonchev–Trinajstić information content (AvgIpc) is 3.49. The molecule has 2 aromatic heterocycles. The Labute approximate surface area is 187 Å². The van der Waals surface area contributed by atoms with Gasteiger partial charge in [0.25, 0.3) is 5.91 Å². The molecule has 0 saturated carbocycles. The lowest BCUT2D eigenvalue weighted by atomic mass is 9.99. The Morgan fingerprint density at radius 3 is 2.71 bits per heavy atom. The lowest BCUT2D eigenvalue weighted by Gasteiger charge is -2.37. The number of thiophene rings is 1. The number of rotatable bonds is 5. The molecule has 0 unspecified atom stereocenters. The summed E-state index contributed by atoms with van der Waals surface area (Å²) in [6.45, 7) is 2.72. The summed E-state index contributed by atoms with van der Waals surface area (Å²) in [7, 11) is 2.16. The van der Waals surface area contributed by atoms with E-state index in [0.29, 0.717) is 6.54 Å². The van der Waals surface area contributed by atoms with Crippen LogP contribution >= 0.6 is 11.3 Å². The summed E-state index contributed by atoms with van der Waals surface area (Å²) in [5.41, 5.74) is 4.71. The molecular formula is C26H27N3OS. The van der Waals surface area contributed by atoms with E-state index in [9.17, 15) is 4.79 Å². The Morgan fingerprint density at radius 2 is 1.90 bits per heavy atom. The summed E-state index contributed by atoms with van der Waals surface area (Å²) < 4.78 is 0. The highest BCUT2D eigenvalue weighted by Gasteiger charge is 2.28. The first kappa shape index (κ1) is 20.0. The van der Waals surface area contributed by atoms with E-state index in [-0.39, 0.29) is 11.9 Å². The van der Waals surface area contributed by atoms with Crippen molar-refractivity contribution in [2.75, 3.05) is 20.1 Å². The van der Waals surface area contributed by atoms with E-state index in [2.05, 4.69) is 70.4 Å². The van der Waals surface area contributed by atoms with Gasteiger partial charge in [0.1, 0.15) is 0 Å². The van der Waals surface area contributed by atoms with E-state index in [4.69, 9.17) is 0 Å². The Balaban J connectivity index is 1.43. The van der Waals surface area contributed by atoms with Crippen LogP contribution < -0.4 is 0 Å². The standard InChI is InChI=1S/C26H27N3OS/c1-28-13-10-23(11-14-28)29(26(30)25-6-3-15-31-25)18-19-4-2-5-20(16-19)21-7-8-24-22(17-21)9-12-27-24/h2-9,12,15-17,23,27H,10-11,13-14,18H2,1H3. The third kappa shape index (κ3) is 4.29. The molecule has 0 aliphatic carbocycles. The number of amides is 1. The number of nitrogens with zero attached hydrogens (tertiary/aromatic N) is 2. The van der Waals surface area contributed by atoms with E-state index < -0.39 is 0 Å². The summed E-state index contributed by atoms with van der Waals surface area (Å²) >= 11 is 1.53. The highest BCUT2D eigenvalue weighted by molar-refractivity contribution is 7.12. The third-order valence-electron chi connectivity index (χ3n) is 6.29. The minimum Gasteiger partial charge on any atom is -0.361 e. The van der Waals surface area contributed by atoms with Crippen molar-refractivity contribution in [2.45, 2.75) is 25.4 Å². The third-order valence-corrected chi connectivity index (χ3v) is 7.15. The molecule has 1 aliphatic heterocycles. The van der Waals surface area contributed by atoms with Crippen molar-refractivity contribution in [3.63, 3.8) is 0 Å². The van der Waals surface area contributed by atoms with E-state index in [1.165, 1.54) is 33.4 Å². The van der Waals surface area contributed by atoms with Crippen LogP contribution in [0.25, 0.3) is 22.0 Å². The van der Waals surface area contributed by atoms with Gasteiger partial charge in [-0.25, -0.2) is 0 Å². The molecule has 0 atom stereocenters. The van der Waals surface area contributed by atoms with Crippen molar-refractivity contribution in [1.82, 2.24) is 14.8 Å². The normalized spacial score (nSPS) is 15.4. The SMILES string of the molecule is CN1CCC(N(Cc2cccc(-c3ccc4[nH]ccc4c3)c2)C(=O)c2cccs2)CC1. The minimum absolute atomic E-state index is 0.156. The summed E-state index contributed by atoms with van der Waals surface area (Å²) in [5.74, 6) is 0.156. The predicted molar refractivity (Wildman–Crippen MR) is 128 cm³/mol. The lowest BCUT2D eigenvalue weighted by molar-refractivity contribution is 0.0574. The second-order valence-electron chi connectivity index (χ2n) is 8.42. The first-order chi connectivity index (χ1) is 15.2. The van der Waals surface area contributed by atoms with E-state index >= 15 is 0 Å². The number of carbonyl (C=O) groups is 1. The maximum atomic E-state index is 13.4. The maximum Gasteiger partial charge on any atom is 0.264 e. The summed E-state index contributed by atoms with van der Waals surface area (Å²) in [4.78, 5) is 21.9. The van der Waals surface area contributed by atoms with Crippen LogP contribution in [0.4, 0.5) is 0 Å². The number of benzene rings is 2. The number of nitrogens with one attached hydrogen (secondary N) is 1. The number of hydrogen-bond donors (Lipinski definition) is 1. The number of aromatic nitrogens is 1. The van der Waals surface area contributed by atoms with Gasteiger partial charge in [0.05, 0.1) is 4.88 Å². The molecular weight excluding hydrogens is 402 g/mol. The van der Waals surface area contributed by atoms with Gasteiger partial charge in [0.2, 0.25) is 0 Å². The second kappa shape index (κ2) is 8.69. The van der Waals surface area contributed by atoms with Crippen molar-refractivity contribution >= 4 is 28.1 Å². The minimum atomic E-state index is 0.156. The van der Waals surface area contributed by atoms with Crippen LogP contribution in [0.15, 0.2) is 72.2 Å². The summed E-state index contributed by atoms with van der Waals surface area (Å²) in [6.07, 6.45) is 4.02. The largest absolute Gasteiger partial charge is 0.361 e. The number of fused-ring (bicyclic) bond motifs is 1. The molecule has 0 radical (unpaired) electrons. The zero-order valence-corrected chi connectivity index (χ0v) is 18.6. The Kier molecular flexibility index (Phi) is 5.62. The number of carbonyl (C=O) groups excluding carboxylic acids is 1. The Morgan fingerprint density at radius 1 is 1.06 bits per heavy atom. The van der Waals surface area contributed by atoms with Gasteiger partial charge in [0, 0.05) is 24.3 Å². The van der Waals surface area contributed by atoms with Crippen LogP contribution in [-0.2, 0) is 6.54 Å². The smallest absolute Gasteiger partial charge is 0.264 e. The van der Waals surface area contributed by atoms with Crippen molar-refractivity contribution in [3.05, 3.63) is 82.7 Å². The number of hydrogen-bond acceptors (Lipinski definition) is 3. The van der Waals surface area contributed by atoms with Gasteiger partial charge >= 0.3 is 0 Å². The number of aromatic amines is 1. The lowest BCUT2D eigenvalue weighted by Crippen LogP contribution is -2.46. The molecule has 4 aromatic rings. The molecule has 31 heavy (non-hydrogen) atoms. The Hall–Kier alpha value is -2.89. The van der Waals surface area contributed by atoms with Crippen molar-refractivity contribution in [2.24, 2.45) is 0 Å². The molecule has 1 saturated heterocycles. The quantitative estimate of drug-likeness (QED) is 0.446. The molecule has 5 rings (SSSR count). The van der Waals surface area contributed by atoms with Gasteiger partial charge in [0.15, 0.2) is 0 Å². The van der Waals surface area contributed by atoms with Crippen LogP contribution in [0.1, 0.15) is 28.1 Å². The second-order valence-corrected chi connectivity index (χ2v) is 9.37. The van der Waals surface area contributed by atoms with Gasteiger partial charge < -0.3 is 14.8 Å². The number of likely N-dealkylation sites (tertiary alicyclic amines) is 1. The fraction of sp³-hybridized carbons (Fsp3) is 0.269. The molecule has 2 aromatic carbocycles. The molecule has 1 N–H and O–H groups in total. The van der Waals surface area contributed by atoms with Gasteiger partial charge in [-0.2, -0.15) is 0 Å². The molecule has 1 aliphatic rings. The van der Waals surface area contributed by atoms with Crippen molar-refractivity contribution < 1.29 is 4.79 Å². The molecule has 4 nitrogen and oxygen atoms in total. The summed E-state index contributed by atoms with van der Waals surface area (Å²) in [6, 6.07) is 21.4. The van der Waals surface area contributed by atoms with Crippen LogP contribution in [0.5, 0.6) is 0 Å². The summed E-state index contributed by atoms with van der Waals surface area (Å²) in [5, 5.41) is 3.20. The monoisotopic (exact) mass is 429 g/mol. The van der Waals surface area contributed by atoms with Crippen LogP contribution in [-0.4, -0.2) is 46.9 Å². The van der Waals surface area contributed by atoms with Gasteiger partial charge in [-0.15, -0.1) is 11.3 Å². The maximum absolute atomic E-state index is 13.4. The number of H-pyrrole nitrogens is 1. The first-order valence-corrected chi connectivity index (χ1v) is 11.7. The zero-order valence-electron chi connectivity index (χ0n) is 17.8. The molecule has 0 spiro atoms. The fourth-order valence-electron chi connectivity index (χ4n) is 4.49. The number of piperidine rings is 1. The zero-order chi connectivity index (χ0) is 21.2. The van der Waals surface area contributed by atoms with Crippen molar-refractivity contribution in [3.8, 4) is 11.1 Å².